The fraction of sp³-hybridized carbons (Fsp3) is 0.500. The highest BCUT2D eigenvalue weighted by Crippen LogP contribution is 2.19. The third kappa shape index (κ3) is 3.95. The molecule has 0 aliphatic heterocycles. The molecule has 0 aromatic heterocycles. The van der Waals surface area contributed by atoms with E-state index in [4.69, 9.17) is 0 Å². The van der Waals surface area contributed by atoms with E-state index >= 15 is 0 Å². The molecule has 0 atom stereocenters. The molecule has 0 aliphatic carbocycles. The number of carbonyl (C=O) groups excluding carboxylic acids is 1. The van der Waals surface area contributed by atoms with Crippen LogP contribution in [0.2, 0.25) is 0 Å². The molecule has 0 spiro atoms. The topological polar surface area (TPSA) is 51.2 Å². The second-order valence-corrected chi connectivity index (χ2v) is 6.66. The maximum absolute atomic E-state index is 12.1. The number of Topliss-reactive ketones (excluding diaryl/α,β-unsaturated/α-hetero) is 1. The van der Waals surface area contributed by atoms with Gasteiger partial charge in [0, 0.05) is 12.8 Å². The molecule has 1 rings (SSSR count). The molecule has 0 radical (unpaired) electrons. The summed E-state index contributed by atoms with van der Waals surface area (Å²) in [6.45, 7) is 5.53. The number of sulfone groups is 1. The number of rotatable bonds is 6. The molecule has 0 N–H and O–H groups in total. The molecule has 0 bridgehead atoms. The van der Waals surface area contributed by atoms with Gasteiger partial charge in [-0.25, -0.2) is 8.42 Å². The molecule has 0 saturated carbocycles. The van der Waals surface area contributed by atoms with E-state index in [1.54, 1.807) is 26.0 Å². The summed E-state index contributed by atoms with van der Waals surface area (Å²) in [6.07, 6.45) is 1.23. The first-order valence-electron chi connectivity index (χ1n) is 6.18. The summed E-state index contributed by atoms with van der Waals surface area (Å²) in [7, 11) is -3.26. The molecule has 0 amide bonds. The summed E-state index contributed by atoms with van der Waals surface area (Å²) in [5.74, 6) is 0.161. The quantitative estimate of drug-likeness (QED) is 0.797. The van der Waals surface area contributed by atoms with Crippen LogP contribution in [-0.2, 0) is 14.6 Å². The van der Waals surface area contributed by atoms with Gasteiger partial charge in [0.15, 0.2) is 9.84 Å². The van der Waals surface area contributed by atoms with Crippen LogP contribution in [0.5, 0.6) is 0 Å². The van der Waals surface area contributed by atoms with Crippen molar-refractivity contribution in [2.75, 3.05) is 5.75 Å². The Labute approximate surface area is 109 Å². The smallest absolute Gasteiger partial charge is 0.178 e. The predicted molar refractivity (Wildman–Crippen MR) is 72.5 cm³/mol. The van der Waals surface area contributed by atoms with Crippen LogP contribution in [0.4, 0.5) is 0 Å². The number of carbonyl (C=O) groups is 1. The van der Waals surface area contributed by atoms with Crippen molar-refractivity contribution in [3.05, 3.63) is 29.3 Å². The third-order valence-electron chi connectivity index (χ3n) is 2.93. The van der Waals surface area contributed by atoms with Gasteiger partial charge in [-0.05, 0) is 31.9 Å². The highest BCUT2D eigenvalue weighted by Gasteiger charge is 2.17. The minimum atomic E-state index is -3.26. The summed E-state index contributed by atoms with van der Waals surface area (Å²) >= 11 is 0. The van der Waals surface area contributed by atoms with Gasteiger partial charge in [0.1, 0.15) is 5.78 Å². The highest BCUT2D eigenvalue weighted by atomic mass is 32.2. The number of hydrogen-bond donors (Lipinski definition) is 0. The lowest BCUT2D eigenvalue weighted by atomic mass is 10.2. The Balaban J connectivity index is 2.77. The zero-order valence-electron chi connectivity index (χ0n) is 11.2. The summed E-state index contributed by atoms with van der Waals surface area (Å²) in [5.41, 5.74) is 1.82. The Hall–Kier alpha value is -1.16. The van der Waals surface area contributed by atoms with Crippen molar-refractivity contribution in [2.45, 2.75) is 44.9 Å². The van der Waals surface area contributed by atoms with Crippen LogP contribution in [0, 0.1) is 13.8 Å². The zero-order chi connectivity index (χ0) is 13.8. The molecule has 3 nitrogen and oxygen atoms in total. The SMILES string of the molecule is CCC(=O)CCCS(=O)(=O)c1ccc(C)cc1C. The lowest BCUT2D eigenvalue weighted by molar-refractivity contribution is -0.118. The lowest BCUT2D eigenvalue weighted by Gasteiger charge is -2.08. The first-order valence-corrected chi connectivity index (χ1v) is 7.83. The van der Waals surface area contributed by atoms with Crippen molar-refractivity contribution < 1.29 is 13.2 Å². The minimum Gasteiger partial charge on any atom is -0.300 e. The molecule has 0 saturated heterocycles. The number of hydrogen-bond acceptors (Lipinski definition) is 3. The van der Waals surface area contributed by atoms with Crippen LogP contribution in [-0.4, -0.2) is 20.0 Å². The molecule has 0 aliphatic rings. The van der Waals surface area contributed by atoms with Crippen molar-refractivity contribution in [3.8, 4) is 0 Å². The molecule has 0 unspecified atom stereocenters. The van der Waals surface area contributed by atoms with Crippen molar-refractivity contribution in [2.24, 2.45) is 0 Å². The molecule has 0 heterocycles. The summed E-state index contributed by atoms with van der Waals surface area (Å²) in [5, 5.41) is 0. The molecule has 1 aromatic rings. The van der Waals surface area contributed by atoms with Gasteiger partial charge in [0.2, 0.25) is 0 Å². The molecule has 4 heteroatoms. The predicted octanol–water partition coefficient (Wildman–Crippen LogP) is 2.84. The zero-order valence-corrected chi connectivity index (χ0v) is 12.0. The number of ketones is 1. The van der Waals surface area contributed by atoms with Gasteiger partial charge >= 0.3 is 0 Å². The second kappa shape index (κ2) is 6.14. The fourth-order valence-corrected chi connectivity index (χ4v) is 3.46. The van der Waals surface area contributed by atoms with Crippen molar-refractivity contribution >= 4 is 15.6 Å². The molecule has 1 aromatic carbocycles. The van der Waals surface area contributed by atoms with Gasteiger partial charge in [-0.1, -0.05) is 24.6 Å². The summed E-state index contributed by atoms with van der Waals surface area (Å²) < 4.78 is 24.2. The summed E-state index contributed by atoms with van der Waals surface area (Å²) in [4.78, 5) is 11.5. The average molecular weight is 268 g/mol. The van der Waals surface area contributed by atoms with Gasteiger partial charge < -0.3 is 0 Å². The molecule has 100 valence electrons. The Morgan fingerprint density at radius 3 is 2.44 bits per heavy atom. The number of aryl methyl sites for hydroxylation is 2. The Bertz CT molecular complexity index is 530. The Morgan fingerprint density at radius 1 is 1.22 bits per heavy atom. The van der Waals surface area contributed by atoms with Crippen LogP contribution in [0.3, 0.4) is 0 Å². The first-order chi connectivity index (χ1) is 8.36. The van der Waals surface area contributed by atoms with Gasteiger partial charge in [0.25, 0.3) is 0 Å². The maximum atomic E-state index is 12.1. The van der Waals surface area contributed by atoms with Gasteiger partial charge in [-0.2, -0.15) is 0 Å². The van der Waals surface area contributed by atoms with E-state index in [0.717, 1.165) is 11.1 Å². The van der Waals surface area contributed by atoms with Gasteiger partial charge in [-0.15, -0.1) is 0 Å². The van der Waals surface area contributed by atoms with E-state index in [0.29, 0.717) is 24.2 Å². The van der Waals surface area contributed by atoms with E-state index in [-0.39, 0.29) is 11.5 Å². The molecular weight excluding hydrogens is 248 g/mol. The fourth-order valence-electron chi connectivity index (χ4n) is 1.89. The minimum absolute atomic E-state index is 0.0443. The highest BCUT2D eigenvalue weighted by molar-refractivity contribution is 7.91. The monoisotopic (exact) mass is 268 g/mol. The van der Waals surface area contributed by atoms with E-state index in [1.165, 1.54) is 0 Å². The third-order valence-corrected chi connectivity index (χ3v) is 4.88. The van der Waals surface area contributed by atoms with Gasteiger partial charge in [0.05, 0.1) is 10.6 Å². The summed E-state index contributed by atoms with van der Waals surface area (Å²) in [6, 6.07) is 5.32. The number of benzene rings is 1. The van der Waals surface area contributed by atoms with Crippen LogP contribution in [0.1, 0.15) is 37.3 Å². The van der Waals surface area contributed by atoms with Crippen LogP contribution in [0.25, 0.3) is 0 Å². The average Bonchev–Trinajstić information content (AvgIpc) is 2.27. The molecular formula is C14H20O3S. The maximum Gasteiger partial charge on any atom is 0.178 e. The standard InChI is InChI=1S/C14H20O3S/c1-4-13(15)6-5-9-18(16,17)14-8-7-11(2)10-12(14)3/h7-8,10H,4-6,9H2,1-3H3. The Kier molecular flexibility index (Phi) is 5.08. The van der Waals surface area contributed by atoms with Crippen molar-refractivity contribution in [1.29, 1.82) is 0 Å². The van der Waals surface area contributed by atoms with E-state index in [2.05, 4.69) is 0 Å². The van der Waals surface area contributed by atoms with Crippen LogP contribution < -0.4 is 0 Å². The van der Waals surface area contributed by atoms with Crippen molar-refractivity contribution in [3.63, 3.8) is 0 Å². The van der Waals surface area contributed by atoms with Gasteiger partial charge in [-0.3, -0.25) is 4.79 Å². The Morgan fingerprint density at radius 2 is 1.89 bits per heavy atom. The largest absolute Gasteiger partial charge is 0.300 e. The van der Waals surface area contributed by atoms with Crippen LogP contribution >= 0.6 is 0 Å². The first kappa shape index (κ1) is 14.9. The molecule has 18 heavy (non-hydrogen) atoms. The van der Waals surface area contributed by atoms with E-state index in [9.17, 15) is 13.2 Å². The van der Waals surface area contributed by atoms with E-state index in [1.807, 2.05) is 13.0 Å². The lowest BCUT2D eigenvalue weighted by Crippen LogP contribution is -2.10. The normalized spacial score (nSPS) is 11.5. The van der Waals surface area contributed by atoms with Crippen molar-refractivity contribution in [1.82, 2.24) is 0 Å². The second-order valence-electron chi connectivity index (χ2n) is 4.58. The van der Waals surface area contributed by atoms with Crippen LogP contribution in [0.15, 0.2) is 23.1 Å². The molecule has 0 fully saturated rings. The van der Waals surface area contributed by atoms with E-state index < -0.39 is 9.84 Å².